The summed E-state index contributed by atoms with van der Waals surface area (Å²) in [5.41, 5.74) is 0.194. The molecule has 9 heteroatoms. The van der Waals surface area contributed by atoms with E-state index in [0.717, 1.165) is 9.37 Å². The van der Waals surface area contributed by atoms with Gasteiger partial charge >= 0.3 is 5.97 Å². The van der Waals surface area contributed by atoms with Gasteiger partial charge < -0.3 is 10.4 Å². The molecule has 31 heavy (non-hydrogen) atoms. The standard InChI is InChI=1S/C22H18BrN3O5/c23-11-5-7-12(8-6-11)26-19(29)17-15(9-10-16(27)28)25-22(18(17)20(26)30)13-3-1-2-4-14(13)24-21(22)31/h1-8,15,17-18,25H,9-10H2,(H,24,31)(H,27,28). The second kappa shape index (κ2) is 7.00. The van der Waals surface area contributed by atoms with E-state index in [-0.39, 0.29) is 12.8 Å². The molecule has 5 rings (SSSR count). The largest absolute Gasteiger partial charge is 0.481 e. The lowest BCUT2D eigenvalue weighted by molar-refractivity contribution is -0.137. The van der Waals surface area contributed by atoms with Crippen LogP contribution < -0.4 is 15.5 Å². The fourth-order valence-corrected chi connectivity index (χ4v) is 5.39. The summed E-state index contributed by atoms with van der Waals surface area (Å²) in [6, 6.07) is 13.2. The van der Waals surface area contributed by atoms with Gasteiger partial charge in [-0.3, -0.25) is 24.5 Å². The number of hydrogen-bond acceptors (Lipinski definition) is 5. The van der Waals surface area contributed by atoms with Gasteiger partial charge in [-0.2, -0.15) is 0 Å². The molecule has 3 aliphatic rings. The molecule has 3 heterocycles. The van der Waals surface area contributed by atoms with E-state index >= 15 is 0 Å². The fraction of sp³-hybridized carbons (Fsp3) is 0.273. The summed E-state index contributed by atoms with van der Waals surface area (Å²) in [7, 11) is 0. The molecule has 2 aromatic carbocycles. The van der Waals surface area contributed by atoms with Crippen LogP contribution in [0.15, 0.2) is 53.0 Å². The maximum Gasteiger partial charge on any atom is 0.303 e. The van der Waals surface area contributed by atoms with Crippen LogP contribution in [0.5, 0.6) is 0 Å². The van der Waals surface area contributed by atoms with Gasteiger partial charge in [0, 0.05) is 28.2 Å². The molecule has 2 saturated heterocycles. The van der Waals surface area contributed by atoms with Crippen LogP contribution in [0.25, 0.3) is 0 Å². The highest BCUT2D eigenvalue weighted by Crippen LogP contribution is 2.54. The first-order chi connectivity index (χ1) is 14.8. The van der Waals surface area contributed by atoms with Gasteiger partial charge in [0.2, 0.25) is 17.7 Å². The number of imide groups is 1. The zero-order valence-electron chi connectivity index (χ0n) is 16.2. The Morgan fingerprint density at radius 2 is 1.77 bits per heavy atom. The smallest absolute Gasteiger partial charge is 0.303 e. The molecule has 8 nitrogen and oxygen atoms in total. The van der Waals surface area contributed by atoms with Crippen molar-refractivity contribution in [2.24, 2.45) is 11.8 Å². The van der Waals surface area contributed by atoms with Crippen molar-refractivity contribution in [2.45, 2.75) is 24.4 Å². The molecule has 2 fully saturated rings. The predicted octanol–water partition coefficient (Wildman–Crippen LogP) is 2.24. The molecule has 4 atom stereocenters. The normalized spacial score (nSPS) is 28.7. The Bertz CT molecular complexity index is 1130. The monoisotopic (exact) mass is 483 g/mol. The molecule has 0 radical (unpaired) electrons. The Morgan fingerprint density at radius 1 is 1.06 bits per heavy atom. The molecular weight excluding hydrogens is 466 g/mol. The first-order valence-electron chi connectivity index (χ1n) is 9.88. The first-order valence-corrected chi connectivity index (χ1v) is 10.7. The van der Waals surface area contributed by atoms with Gasteiger partial charge in [0.15, 0.2) is 0 Å². The lowest BCUT2D eigenvalue weighted by atomic mass is 9.76. The van der Waals surface area contributed by atoms with E-state index in [2.05, 4.69) is 26.6 Å². The average molecular weight is 484 g/mol. The molecule has 0 aromatic heterocycles. The third kappa shape index (κ3) is 2.76. The topological polar surface area (TPSA) is 116 Å². The molecule has 0 bridgehead atoms. The van der Waals surface area contributed by atoms with Crippen molar-refractivity contribution >= 4 is 51.0 Å². The molecule has 0 aliphatic carbocycles. The van der Waals surface area contributed by atoms with E-state index in [1.807, 2.05) is 0 Å². The number of benzene rings is 2. The summed E-state index contributed by atoms with van der Waals surface area (Å²) >= 11 is 3.34. The highest BCUT2D eigenvalue weighted by molar-refractivity contribution is 9.10. The number of carboxylic acids is 1. The number of carboxylic acid groups (broad SMARTS) is 1. The van der Waals surface area contributed by atoms with Gasteiger partial charge in [-0.05, 0) is 36.8 Å². The second-order valence-corrected chi connectivity index (χ2v) is 8.90. The zero-order chi connectivity index (χ0) is 21.9. The van der Waals surface area contributed by atoms with Crippen LogP contribution >= 0.6 is 15.9 Å². The van der Waals surface area contributed by atoms with Crippen molar-refractivity contribution in [3.05, 3.63) is 58.6 Å². The molecule has 1 spiro atoms. The molecule has 2 aromatic rings. The second-order valence-electron chi connectivity index (χ2n) is 7.98. The number of rotatable bonds is 4. The highest BCUT2D eigenvalue weighted by atomic mass is 79.9. The number of nitrogens with one attached hydrogen (secondary N) is 2. The summed E-state index contributed by atoms with van der Waals surface area (Å²) < 4.78 is 0.803. The van der Waals surface area contributed by atoms with E-state index in [1.54, 1.807) is 48.5 Å². The predicted molar refractivity (Wildman–Crippen MR) is 114 cm³/mol. The van der Waals surface area contributed by atoms with Crippen LogP contribution in [0.2, 0.25) is 0 Å². The maximum absolute atomic E-state index is 13.6. The Kier molecular flexibility index (Phi) is 4.49. The summed E-state index contributed by atoms with van der Waals surface area (Å²) in [6.45, 7) is 0. The number of aliphatic carboxylic acids is 1. The van der Waals surface area contributed by atoms with E-state index in [0.29, 0.717) is 16.9 Å². The number of anilines is 2. The van der Waals surface area contributed by atoms with Crippen LogP contribution in [-0.4, -0.2) is 34.8 Å². The Hall–Kier alpha value is -3.04. The van der Waals surface area contributed by atoms with Crippen molar-refractivity contribution in [3.8, 4) is 0 Å². The summed E-state index contributed by atoms with van der Waals surface area (Å²) in [6.07, 6.45) is -0.0547. The minimum absolute atomic E-state index is 0.126. The molecule has 158 valence electrons. The third-order valence-electron chi connectivity index (χ3n) is 6.38. The summed E-state index contributed by atoms with van der Waals surface area (Å²) in [4.78, 5) is 52.7. The van der Waals surface area contributed by atoms with Gasteiger partial charge in [-0.25, -0.2) is 4.90 Å². The number of nitrogens with zero attached hydrogens (tertiary/aromatic N) is 1. The molecule has 3 amide bonds. The number of carbonyl (C=O) groups excluding carboxylic acids is 3. The van der Waals surface area contributed by atoms with Crippen molar-refractivity contribution in [1.82, 2.24) is 5.32 Å². The first kappa shape index (κ1) is 19.9. The lowest BCUT2D eigenvalue weighted by Crippen LogP contribution is -2.53. The highest BCUT2D eigenvalue weighted by Gasteiger charge is 2.70. The van der Waals surface area contributed by atoms with Crippen LogP contribution in [-0.2, 0) is 24.7 Å². The van der Waals surface area contributed by atoms with E-state index < -0.39 is 47.1 Å². The molecule has 3 aliphatic heterocycles. The Labute approximate surface area is 185 Å². The minimum atomic E-state index is -1.42. The van der Waals surface area contributed by atoms with Crippen molar-refractivity contribution in [1.29, 1.82) is 0 Å². The number of hydrogen-bond donors (Lipinski definition) is 3. The van der Waals surface area contributed by atoms with Gasteiger partial charge in [-0.15, -0.1) is 0 Å². The van der Waals surface area contributed by atoms with E-state index in [1.165, 1.54) is 0 Å². The van der Waals surface area contributed by atoms with Crippen LogP contribution in [0.4, 0.5) is 11.4 Å². The lowest BCUT2D eigenvalue weighted by Gasteiger charge is -2.29. The van der Waals surface area contributed by atoms with Crippen LogP contribution in [0.1, 0.15) is 18.4 Å². The molecular formula is C22H18BrN3O5. The minimum Gasteiger partial charge on any atom is -0.481 e. The van der Waals surface area contributed by atoms with Crippen LogP contribution in [0, 0.1) is 11.8 Å². The number of para-hydroxylation sites is 1. The van der Waals surface area contributed by atoms with Gasteiger partial charge in [0.25, 0.3) is 0 Å². The number of fused-ring (bicyclic) bond motifs is 4. The maximum atomic E-state index is 13.6. The fourth-order valence-electron chi connectivity index (χ4n) is 5.13. The van der Waals surface area contributed by atoms with Crippen molar-refractivity contribution in [3.63, 3.8) is 0 Å². The average Bonchev–Trinajstić information content (AvgIpc) is 3.32. The number of amides is 3. The molecule has 0 saturated carbocycles. The van der Waals surface area contributed by atoms with Crippen LogP contribution in [0.3, 0.4) is 0 Å². The Balaban J connectivity index is 1.64. The van der Waals surface area contributed by atoms with Gasteiger partial charge in [0.1, 0.15) is 5.54 Å². The van der Waals surface area contributed by atoms with E-state index in [9.17, 15) is 24.3 Å². The van der Waals surface area contributed by atoms with Crippen molar-refractivity contribution < 1.29 is 24.3 Å². The van der Waals surface area contributed by atoms with Gasteiger partial charge in [0.05, 0.1) is 17.5 Å². The van der Waals surface area contributed by atoms with Gasteiger partial charge in [-0.1, -0.05) is 34.1 Å². The molecule has 3 N–H and O–H groups in total. The summed E-state index contributed by atoms with van der Waals surface area (Å²) in [5.74, 6) is -4.10. The zero-order valence-corrected chi connectivity index (χ0v) is 17.8. The summed E-state index contributed by atoms with van der Waals surface area (Å²) in [5, 5.41) is 15.2. The number of carbonyl (C=O) groups is 4. The van der Waals surface area contributed by atoms with E-state index in [4.69, 9.17) is 0 Å². The Morgan fingerprint density at radius 3 is 2.48 bits per heavy atom. The van der Waals surface area contributed by atoms with Crippen molar-refractivity contribution in [2.75, 3.05) is 10.2 Å². The number of halogens is 1. The molecule has 4 unspecified atom stereocenters. The quantitative estimate of drug-likeness (QED) is 0.574. The third-order valence-corrected chi connectivity index (χ3v) is 6.91. The SMILES string of the molecule is O=C(O)CCC1NC2(C(=O)Nc3ccccc32)C2C(=O)N(c3ccc(Br)cc3)C(=O)C12.